The highest BCUT2D eigenvalue weighted by molar-refractivity contribution is 5.92. The predicted molar refractivity (Wildman–Crippen MR) is 120 cm³/mol. The van der Waals surface area contributed by atoms with Gasteiger partial charge in [0.1, 0.15) is 5.65 Å². The van der Waals surface area contributed by atoms with Gasteiger partial charge in [-0.2, -0.15) is 5.10 Å². The lowest BCUT2D eigenvalue weighted by Crippen LogP contribution is -2.48. The highest BCUT2D eigenvalue weighted by atomic mass is 16.3. The lowest BCUT2D eigenvalue weighted by atomic mass is 9.97. The molecule has 0 radical (unpaired) electrons. The summed E-state index contributed by atoms with van der Waals surface area (Å²) in [5.74, 6) is -1.27. The Labute approximate surface area is 185 Å². The van der Waals surface area contributed by atoms with Crippen molar-refractivity contribution in [2.75, 3.05) is 6.61 Å². The molecule has 0 atom stereocenters. The van der Waals surface area contributed by atoms with Crippen molar-refractivity contribution >= 4 is 16.9 Å². The SMILES string of the molecule is Cc1cn(C2(Cn3cc(O)c(=O)c(C(=O)NC(C)(C)CO)n3)CCCC2)c2ncccc12. The Morgan fingerprint density at radius 2 is 2.00 bits per heavy atom. The first-order valence-corrected chi connectivity index (χ1v) is 10.8. The van der Waals surface area contributed by atoms with E-state index >= 15 is 0 Å². The average molecular weight is 440 g/mol. The molecule has 1 aliphatic carbocycles. The van der Waals surface area contributed by atoms with Crippen LogP contribution in [-0.4, -0.2) is 47.6 Å². The van der Waals surface area contributed by atoms with Crippen LogP contribution >= 0.6 is 0 Å². The summed E-state index contributed by atoms with van der Waals surface area (Å²) in [5, 5.41) is 27.7. The molecule has 0 spiro atoms. The number of rotatable bonds is 6. The van der Waals surface area contributed by atoms with Gasteiger partial charge in [0.2, 0.25) is 0 Å². The minimum atomic E-state index is -0.929. The van der Waals surface area contributed by atoms with Crippen molar-refractivity contribution in [2.24, 2.45) is 0 Å². The molecule has 4 rings (SSSR count). The highest BCUT2D eigenvalue weighted by Gasteiger charge is 2.38. The van der Waals surface area contributed by atoms with Crippen molar-refractivity contribution in [1.82, 2.24) is 24.6 Å². The van der Waals surface area contributed by atoms with Crippen molar-refractivity contribution in [1.29, 1.82) is 0 Å². The number of fused-ring (bicyclic) bond motifs is 1. The maximum absolute atomic E-state index is 12.7. The van der Waals surface area contributed by atoms with Gasteiger partial charge in [-0.15, -0.1) is 0 Å². The molecule has 1 saturated carbocycles. The van der Waals surface area contributed by atoms with Crippen molar-refractivity contribution in [2.45, 2.75) is 64.1 Å². The van der Waals surface area contributed by atoms with E-state index in [4.69, 9.17) is 0 Å². The van der Waals surface area contributed by atoms with Crippen molar-refractivity contribution in [3.05, 3.63) is 52.2 Å². The second-order valence-electron chi connectivity index (χ2n) is 9.37. The van der Waals surface area contributed by atoms with Gasteiger partial charge in [-0.3, -0.25) is 14.3 Å². The number of hydrogen-bond acceptors (Lipinski definition) is 6. The predicted octanol–water partition coefficient (Wildman–Crippen LogP) is 2.08. The van der Waals surface area contributed by atoms with Crippen LogP contribution in [0.15, 0.2) is 35.5 Å². The molecule has 32 heavy (non-hydrogen) atoms. The molecule has 1 amide bonds. The number of nitrogens with one attached hydrogen (secondary N) is 1. The van der Waals surface area contributed by atoms with Gasteiger partial charge in [-0.25, -0.2) is 4.98 Å². The second-order valence-corrected chi connectivity index (χ2v) is 9.37. The van der Waals surface area contributed by atoms with Gasteiger partial charge in [0.15, 0.2) is 11.4 Å². The molecule has 170 valence electrons. The summed E-state index contributed by atoms with van der Waals surface area (Å²) in [4.78, 5) is 29.7. The van der Waals surface area contributed by atoms with Crippen LogP contribution < -0.4 is 10.7 Å². The summed E-state index contributed by atoms with van der Waals surface area (Å²) in [7, 11) is 0. The van der Waals surface area contributed by atoms with E-state index in [-0.39, 0.29) is 12.1 Å². The molecule has 3 N–H and O–H groups in total. The number of aliphatic hydroxyl groups excluding tert-OH is 1. The summed E-state index contributed by atoms with van der Waals surface area (Å²) in [5.41, 5.74) is -0.487. The first kappa shape index (κ1) is 22.0. The molecule has 9 nitrogen and oxygen atoms in total. The number of aryl methyl sites for hydroxylation is 1. The summed E-state index contributed by atoms with van der Waals surface area (Å²) < 4.78 is 3.67. The number of nitrogens with zero attached hydrogens (tertiary/aromatic N) is 4. The molecule has 1 aliphatic rings. The van der Waals surface area contributed by atoms with Crippen molar-refractivity contribution in [3.8, 4) is 5.75 Å². The van der Waals surface area contributed by atoms with Crippen LogP contribution in [0.5, 0.6) is 5.75 Å². The van der Waals surface area contributed by atoms with Gasteiger partial charge in [-0.1, -0.05) is 12.8 Å². The third-order valence-corrected chi connectivity index (χ3v) is 6.27. The molecular formula is C23H29N5O4. The van der Waals surface area contributed by atoms with Crippen LogP contribution in [-0.2, 0) is 12.1 Å². The molecule has 0 unspecified atom stereocenters. The number of aliphatic hydroxyl groups is 1. The molecule has 0 bridgehead atoms. The second kappa shape index (κ2) is 8.05. The Morgan fingerprint density at radius 3 is 2.69 bits per heavy atom. The minimum absolute atomic E-state index is 0.304. The third kappa shape index (κ3) is 3.88. The monoisotopic (exact) mass is 439 g/mol. The minimum Gasteiger partial charge on any atom is -0.503 e. The fourth-order valence-electron chi connectivity index (χ4n) is 4.55. The molecule has 9 heteroatoms. The van der Waals surface area contributed by atoms with E-state index in [0.29, 0.717) is 6.54 Å². The summed E-state index contributed by atoms with van der Waals surface area (Å²) in [6.45, 7) is 5.39. The summed E-state index contributed by atoms with van der Waals surface area (Å²) in [6.07, 6.45) is 9.01. The number of aromatic nitrogens is 4. The van der Waals surface area contributed by atoms with Crippen LogP contribution in [0.2, 0.25) is 0 Å². The zero-order chi connectivity index (χ0) is 23.1. The zero-order valence-corrected chi connectivity index (χ0v) is 18.6. The quantitative estimate of drug-likeness (QED) is 0.541. The van der Waals surface area contributed by atoms with E-state index in [2.05, 4.69) is 33.1 Å². The third-order valence-electron chi connectivity index (χ3n) is 6.27. The van der Waals surface area contributed by atoms with Gasteiger partial charge in [0.05, 0.1) is 30.4 Å². The maximum Gasteiger partial charge on any atom is 0.276 e. The largest absolute Gasteiger partial charge is 0.503 e. The number of carbonyl (C=O) groups excluding carboxylic acids is 1. The smallest absolute Gasteiger partial charge is 0.276 e. The molecule has 1 fully saturated rings. The molecule has 3 aromatic heterocycles. The summed E-state index contributed by atoms with van der Waals surface area (Å²) in [6, 6.07) is 3.96. The molecular weight excluding hydrogens is 410 g/mol. The van der Waals surface area contributed by atoms with Gasteiger partial charge in [0.25, 0.3) is 11.3 Å². The number of pyridine rings is 1. The fourth-order valence-corrected chi connectivity index (χ4v) is 4.55. The summed E-state index contributed by atoms with van der Waals surface area (Å²) >= 11 is 0. The van der Waals surface area contributed by atoms with Crippen molar-refractivity contribution < 1.29 is 15.0 Å². The van der Waals surface area contributed by atoms with Crippen LogP contribution in [0.1, 0.15) is 55.6 Å². The Bertz CT molecular complexity index is 1220. The lowest BCUT2D eigenvalue weighted by Gasteiger charge is -2.32. The molecule has 0 saturated heterocycles. The normalized spacial score (nSPS) is 15.9. The van der Waals surface area contributed by atoms with E-state index < -0.39 is 28.3 Å². The molecule has 3 aromatic rings. The van der Waals surface area contributed by atoms with E-state index in [1.54, 1.807) is 20.0 Å². The Hall–Kier alpha value is -3.20. The van der Waals surface area contributed by atoms with E-state index in [1.165, 1.54) is 10.9 Å². The van der Waals surface area contributed by atoms with E-state index in [0.717, 1.165) is 42.3 Å². The van der Waals surface area contributed by atoms with Gasteiger partial charge < -0.3 is 20.1 Å². The maximum atomic E-state index is 12.7. The first-order valence-electron chi connectivity index (χ1n) is 10.8. The lowest BCUT2D eigenvalue weighted by molar-refractivity contribution is 0.0858. The van der Waals surface area contributed by atoms with Crippen LogP contribution in [0, 0.1) is 6.92 Å². The highest BCUT2D eigenvalue weighted by Crippen LogP contribution is 2.40. The Morgan fingerprint density at radius 1 is 1.28 bits per heavy atom. The Balaban J connectivity index is 1.75. The standard InChI is InChI=1S/C23H29N5O4/c1-15-11-28(20-16(15)7-6-10-24-20)23(8-4-5-9-23)13-27-12-17(30)19(31)18(26-27)21(32)25-22(2,3)14-29/h6-7,10-12,29-30H,4-5,8-9,13-14H2,1-3H3,(H,25,32). The van der Waals surface area contributed by atoms with Gasteiger partial charge in [-0.05, 0) is 51.3 Å². The average Bonchev–Trinajstić information content (AvgIpc) is 3.36. The number of aromatic hydroxyl groups is 1. The molecule has 3 heterocycles. The fraction of sp³-hybridized carbons (Fsp3) is 0.478. The van der Waals surface area contributed by atoms with Crippen LogP contribution in [0.4, 0.5) is 0 Å². The van der Waals surface area contributed by atoms with Crippen LogP contribution in [0.3, 0.4) is 0 Å². The number of hydrogen-bond donors (Lipinski definition) is 3. The number of carbonyl (C=O) groups is 1. The van der Waals surface area contributed by atoms with E-state index in [1.807, 2.05) is 12.1 Å². The molecule has 0 aliphatic heterocycles. The van der Waals surface area contributed by atoms with E-state index in [9.17, 15) is 19.8 Å². The Kier molecular flexibility index (Phi) is 5.54. The first-order chi connectivity index (χ1) is 15.2. The van der Waals surface area contributed by atoms with Crippen LogP contribution in [0.25, 0.3) is 11.0 Å². The zero-order valence-electron chi connectivity index (χ0n) is 18.6. The molecule has 0 aromatic carbocycles. The van der Waals surface area contributed by atoms with Crippen molar-refractivity contribution in [3.63, 3.8) is 0 Å². The topological polar surface area (TPSA) is 122 Å². The number of amides is 1. The van der Waals surface area contributed by atoms with Gasteiger partial charge in [0, 0.05) is 17.8 Å². The van der Waals surface area contributed by atoms with Gasteiger partial charge >= 0.3 is 0 Å².